The molecule has 1 amide bonds. The summed E-state index contributed by atoms with van der Waals surface area (Å²) >= 11 is 1.08. The Morgan fingerprint density at radius 2 is 2.20 bits per heavy atom. The lowest BCUT2D eigenvalue weighted by Gasteiger charge is -2.06. The van der Waals surface area contributed by atoms with E-state index in [-0.39, 0.29) is 5.91 Å². The first-order valence-electron chi connectivity index (χ1n) is 6.01. The molecule has 0 spiro atoms. The number of aryl methyl sites for hydroxylation is 2. The molecular weight excluding hydrogens is 272 g/mol. The lowest BCUT2D eigenvalue weighted by Crippen LogP contribution is -2.11. The first kappa shape index (κ1) is 14.2. The topological polar surface area (TPSA) is 80.9 Å². The zero-order chi connectivity index (χ0) is 14.5. The third-order valence-corrected chi connectivity index (χ3v) is 3.35. The molecule has 0 aliphatic rings. The molecule has 0 saturated carbocycles. The van der Waals surface area contributed by atoms with Crippen LogP contribution in [0.5, 0.6) is 0 Å². The number of hydrogen-bond donors (Lipinski definition) is 2. The van der Waals surface area contributed by atoms with Gasteiger partial charge in [-0.15, -0.1) is 5.10 Å². The predicted molar refractivity (Wildman–Crippen MR) is 79.7 cm³/mol. The van der Waals surface area contributed by atoms with Crippen LogP contribution >= 0.6 is 11.5 Å². The maximum atomic E-state index is 12.1. The van der Waals surface area contributed by atoms with Crippen molar-refractivity contribution in [3.8, 4) is 11.8 Å². The fourth-order valence-electron chi connectivity index (χ4n) is 1.71. The van der Waals surface area contributed by atoms with Gasteiger partial charge in [0.05, 0.1) is 12.2 Å². The molecule has 0 unspecified atom stereocenters. The van der Waals surface area contributed by atoms with Crippen LogP contribution in [0.4, 0.5) is 5.69 Å². The predicted octanol–water partition coefficient (Wildman–Crippen LogP) is 1.72. The summed E-state index contributed by atoms with van der Waals surface area (Å²) in [7, 11) is 0. The Morgan fingerprint density at radius 1 is 1.40 bits per heavy atom. The first-order chi connectivity index (χ1) is 9.60. The SMILES string of the molecule is Cc1cc(C#CCN)cc(NC(=O)c2snnc2C)c1. The highest BCUT2D eigenvalue weighted by Crippen LogP contribution is 2.17. The molecule has 0 aliphatic carbocycles. The smallest absolute Gasteiger partial charge is 0.269 e. The van der Waals surface area contributed by atoms with Gasteiger partial charge in [0, 0.05) is 11.3 Å². The van der Waals surface area contributed by atoms with E-state index in [1.165, 1.54) is 0 Å². The Bertz CT molecular complexity index is 697. The van der Waals surface area contributed by atoms with Crippen LogP contribution < -0.4 is 11.1 Å². The molecule has 2 rings (SSSR count). The highest BCUT2D eigenvalue weighted by atomic mass is 32.1. The van der Waals surface area contributed by atoms with Crippen molar-refractivity contribution in [3.05, 3.63) is 39.9 Å². The number of carbonyl (C=O) groups is 1. The maximum Gasteiger partial charge on any atom is 0.269 e. The van der Waals surface area contributed by atoms with E-state index in [1.54, 1.807) is 6.92 Å². The van der Waals surface area contributed by atoms with Crippen LogP contribution in [0, 0.1) is 25.7 Å². The van der Waals surface area contributed by atoms with Crippen LogP contribution in [0.2, 0.25) is 0 Å². The van der Waals surface area contributed by atoms with Crippen molar-refractivity contribution in [2.75, 3.05) is 11.9 Å². The Hall–Kier alpha value is -2.23. The van der Waals surface area contributed by atoms with Crippen molar-refractivity contribution in [2.24, 2.45) is 5.73 Å². The van der Waals surface area contributed by atoms with Gasteiger partial charge in [-0.1, -0.05) is 16.3 Å². The number of aromatic nitrogens is 2. The summed E-state index contributed by atoms with van der Waals surface area (Å²) in [6.45, 7) is 4.01. The normalized spacial score (nSPS) is 9.75. The minimum absolute atomic E-state index is 0.208. The van der Waals surface area contributed by atoms with Gasteiger partial charge in [-0.05, 0) is 49.1 Å². The molecule has 3 N–H and O–H groups in total. The highest BCUT2D eigenvalue weighted by Gasteiger charge is 2.13. The number of benzene rings is 1. The van der Waals surface area contributed by atoms with Crippen molar-refractivity contribution >= 4 is 23.1 Å². The van der Waals surface area contributed by atoms with E-state index in [9.17, 15) is 4.79 Å². The molecule has 5 nitrogen and oxygen atoms in total. The Balaban J connectivity index is 2.23. The minimum Gasteiger partial charge on any atom is -0.321 e. The van der Waals surface area contributed by atoms with Crippen LogP contribution in [-0.2, 0) is 0 Å². The highest BCUT2D eigenvalue weighted by molar-refractivity contribution is 7.08. The minimum atomic E-state index is -0.208. The zero-order valence-corrected chi connectivity index (χ0v) is 12.0. The molecule has 1 aromatic heterocycles. The molecule has 1 aromatic carbocycles. The van der Waals surface area contributed by atoms with Crippen molar-refractivity contribution in [3.63, 3.8) is 0 Å². The van der Waals surface area contributed by atoms with Crippen molar-refractivity contribution in [2.45, 2.75) is 13.8 Å². The van der Waals surface area contributed by atoms with Crippen LogP contribution in [0.3, 0.4) is 0 Å². The standard InChI is InChI=1S/C14H14N4OS/c1-9-6-11(4-3-5-15)8-12(7-9)16-14(19)13-10(2)17-18-20-13/h6-8H,5,15H2,1-2H3,(H,16,19). The number of nitrogens with one attached hydrogen (secondary N) is 1. The number of nitrogens with two attached hydrogens (primary N) is 1. The molecule has 0 aliphatic heterocycles. The second-order valence-electron chi connectivity index (χ2n) is 4.24. The summed E-state index contributed by atoms with van der Waals surface area (Å²) in [5, 5.41) is 6.66. The Kier molecular flexibility index (Phi) is 4.45. The third-order valence-electron chi connectivity index (χ3n) is 2.53. The molecule has 20 heavy (non-hydrogen) atoms. The largest absolute Gasteiger partial charge is 0.321 e. The van der Waals surface area contributed by atoms with Gasteiger partial charge in [-0.2, -0.15) is 0 Å². The van der Waals surface area contributed by atoms with Crippen LogP contribution in [0.15, 0.2) is 18.2 Å². The van der Waals surface area contributed by atoms with E-state index in [0.29, 0.717) is 22.8 Å². The summed E-state index contributed by atoms with van der Waals surface area (Å²) in [6, 6.07) is 5.64. The first-order valence-corrected chi connectivity index (χ1v) is 6.78. The van der Waals surface area contributed by atoms with E-state index >= 15 is 0 Å². The molecule has 0 fully saturated rings. The van der Waals surface area contributed by atoms with Crippen molar-refractivity contribution in [1.29, 1.82) is 0 Å². The maximum absolute atomic E-state index is 12.1. The second kappa shape index (κ2) is 6.28. The van der Waals surface area contributed by atoms with E-state index in [1.807, 2.05) is 25.1 Å². The molecule has 0 saturated heterocycles. The number of nitrogens with zero attached hydrogens (tertiary/aromatic N) is 2. The van der Waals surface area contributed by atoms with Gasteiger partial charge >= 0.3 is 0 Å². The lowest BCUT2D eigenvalue weighted by molar-refractivity contribution is 0.103. The number of hydrogen-bond acceptors (Lipinski definition) is 5. The van der Waals surface area contributed by atoms with Crippen molar-refractivity contribution in [1.82, 2.24) is 9.59 Å². The summed E-state index contributed by atoms with van der Waals surface area (Å²) in [6.07, 6.45) is 0. The molecule has 102 valence electrons. The van der Waals surface area contributed by atoms with E-state index < -0.39 is 0 Å². The molecule has 0 bridgehead atoms. The number of rotatable bonds is 2. The monoisotopic (exact) mass is 286 g/mol. The summed E-state index contributed by atoms with van der Waals surface area (Å²) < 4.78 is 3.75. The fraction of sp³-hybridized carbons (Fsp3) is 0.214. The van der Waals surface area contributed by atoms with Crippen LogP contribution in [0.25, 0.3) is 0 Å². The molecule has 1 heterocycles. The summed E-state index contributed by atoms with van der Waals surface area (Å²) in [5.41, 5.74) is 8.53. The van der Waals surface area contributed by atoms with Gasteiger partial charge < -0.3 is 11.1 Å². The number of carbonyl (C=O) groups excluding carboxylic acids is 1. The van der Waals surface area contributed by atoms with Gasteiger partial charge in [-0.25, -0.2) is 0 Å². The number of anilines is 1. The van der Waals surface area contributed by atoms with E-state index in [2.05, 4.69) is 26.7 Å². The average Bonchev–Trinajstić information content (AvgIpc) is 2.82. The third kappa shape index (κ3) is 3.41. The van der Waals surface area contributed by atoms with Gasteiger partial charge in [0.1, 0.15) is 4.88 Å². The second-order valence-corrected chi connectivity index (χ2v) is 4.99. The summed E-state index contributed by atoms with van der Waals surface area (Å²) in [5.74, 6) is 5.55. The molecule has 0 atom stereocenters. The Morgan fingerprint density at radius 3 is 2.85 bits per heavy atom. The Labute approximate surface area is 121 Å². The van der Waals surface area contributed by atoms with E-state index in [4.69, 9.17) is 5.73 Å². The number of amides is 1. The average molecular weight is 286 g/mol. The van der Waals surface area contributed by atoms with Crippen molar-refractivity contribution < 1.29 is 4.79 Å². The molecular formula is C14H14N4OS. The lowest BCUT2D eigenvalue weighted by atomic mass is 10.1. The van der Waals surface area contributed by atoms with Gasteiger partial charge in [-0.3, -0.25) is 4.79 Å². The van der Waals surface area contributed by atoms with Gasteiger partial charge in [0.15, 0.2) is 0 Å². The quantitative estimate of drug-likeness (QED) is 0.824. The molecule has 6 heteroatoms. The zero-order valence-electron chi connectivity index (χ0n) is 11.2. The van der Waals surface area contributed by atoms with Crippen LogP contribution in [-0.4, -0.2) is 22.0 Å². The van der Waals surface area contributed by atoms with Crippen LogP contribution in [0.1, 0.15) is 26.5 Å². The van der Waals surface area contributed by atoms with Gasteiger partial charge in [0.2, 0.25) is 0 Å². The fourth-order valence-corrected chi connectivity index (χ4v) is 2.26. The van der Waals surface area contributed by atoms with Gasteiger partial charge in [0.25, 0.3) is 5.91 Å². The summed E-state index contributed by atoms with van der Waals surface area (Å²) in [4.78, 5) is 12.6. The van der Waals surface area contributed by atoms with E-state index in [0.717, 1.165) is 22.7 Å². The molecule has 0 radical (unpaired) electrons. The molecule has 2 aromatic rings.